The highest BCUT2D eigenvalue weighted by molar-refractivity contribution is 5.73. The van der Waals surface area contributed by atoms with E-state index in [0.717, 1.165) is 0 Å². The first-order valence-corrected chi connectivity index (χ1v) is 5.26. The number of non-ortho nitro benzene ring substituents is 1. The predicted octanol–water partition coefficient (Wildman–Crippen LogP) is 0.258. The van der Waals surface area contributed by atoms with Crippen LogP contribution in [0.3, 0.4) is 0 Å². The number of benzene rings is 1. The molecule has 7 heteroatoms. The second kappa shape index (κ2) is 5.56. The Balaban J connectivity index is 3.05. The fourth-order valence-electron chi connectivity index (χ4n) is 1.59. The fourth-order valence-corrected chi connectivity index (χ4v) is 1.59. The maximum Gasteiger partial charge on any atom is 0.269 e. The molecule has 0 radical (unpaired) electrons. The first-order chi connectivity index (χ1) is 8.39. The lowest BCUT2D eigenvalue weighted by Crippen LogP contribution is -2.45. The quantitative estimate of drug-likeness (QED) is 0.396. The second-order valence-corrected chi connectivity index (χ2v) is 3.82. The summed E-state index contributed by atoms with van der Waals surface area (Å²) in [7, 11) is 0. The van der Waals surface area contributed by atoms with E-state index in [9.17, 15) is 20.0 Å². The van der Waals surface area contributed by atoms with Gasteiger partial charge >= 0.3 is 0 Å². The third-order valence-electron chi connectivity index (χ3n) is 2.41. The van der Waals surface area contributed by atoms with Gasteiger partial charge in [0.15, 0.2) is 5.72 Å². The number of aliphatic hydroxyl groups is 2. The van der Waals surface area contributed by atoms with E-state index in [1.807, 2.05) is 0 Å². The Morgan fingerprint density at radius 1 is 1.44 bits per heavy atom. The number of nitro groups is 1. The van der Waals surface area contributed by atoms with E-state index in [1.54, 1.807) is 0 Å². The van der Waals surface area contributed by atoms with E-state index < -0.39 is 16.6 Å². The largest absolute Gasteiger partial charge is 0.396 e. The van der Waals surface area contributed by atoms with Crippen molar-refractivity contribution in [2.75, 3.05) is 6.61 Å². The Bertz CT molecular complexity index is 445. The summed E-state index contributed by atoms with van der Waals surface area (Å²) < 4.78 is 0. The van der Waals surface area contributed by atoms with Crippen molar-refractivity contribution >= 4 is 11.6 Å². The van der Waals surface area contributed by atoms with Crippen molar-refractivity contribution in [2.24, 2.45) is 0 Å². The van der Waals surface area contributed by atoms with Crippen molar-refractivity contribution in [3.8, 4) is 0 Å². The summed E-state index contributed by atoms with van der Waals surface area (Å²) >= 11 is 0. The van der Waals surface area contributed by atoms with E-state index in [1.165, 1.54) is 31.2 Å². The van der Waals surface area contributed by atoms with Gasteiger partial charge in [-0.2, -0.15) is 0 Å². The van der Waals surface area contributed by atoms with Crippen LogP contribution < -0.4 is 5.32 Å². The minimum atomic E-state index is -1.73. The number of nitro benzene ring substituents is 1. The van der Waals surface area contributed by atoms with Gasteiger partial charge < -0.3 is 15.5 Å². The minimum absolute atomic E-state index is 0.107. The number of hydrogen-bond donors (Lipinski definition) is 3. The maximum atomic E-state index is 11.0. The molecule has 0 bridgehead atoms. The number of amides is 1. The molecule has 1 aromatic rings. The molecule has 1 atom stereocenters. The van der Waals surface area contributed by atoms with E-state index >= 15 is 0 Å². The number of carbonyl (C=O) groups is 1. The van der Waals surface area contributed by atoms with Gasteiger partial charge in [-0.25, -0.2) is 0 Å². The summed E-state index contributed by atoms with van der Waals surface area (Å²) in [5.74, 6) is -0.468. The van der Waals surface area contributed by atoms with Crippen molar-refractivity contribution in [3.05, 3.63) is 39.9 Å². The van der Waals surface area contributed by atoms with Gasteiger partial charge in [0, 0.05) is 37.6 Å². The molecule has 98 valence electrons. The molecule has 1 aromatic carbocycles. The van der Waals surface area contributed by atoms with Crippen LogP contribution in [0.1, 0.15) is 18.9 Å². The zero-order valence-electron chi connectivity index (χ0n) is 9.79. The van der Waals surface area contributed by atoms with Crippen molar-refractivity contribution < 1.29 is 19.9 Å². The highest BCUT2D eigenvalue weighted by Gasteiger charge is 2.29. The van der Waals surface area contributed by atoms with E-state index in [-0.39, 0.29) is 24.3 Å². The monoisotopic (exact) mass is 254 g/mol. The average molecular weight is 254 g/mol. The van der Waals surface area contributed by atoms with E-state index in [4.69, 9.17) is 5.11 Å². The van der Waals surface area contributed by atoms with E-state index in [0.29, 0.717) is 0 Å². The van der Waals surface area contributed by atoms with Crippen LogP contribution in [-0.2, 0) is 10.5 Å². The molecular weight excluding hydrogens is 240 g/mol. The zero-order chi connectivity index (χ0) is 13.8. The molecule has 0 heterocycles. The molecule has 0 aliphatic rings. The molecule has 0 saturated carbocycles. The van der Waals surface area contributed by atoms with Crippen LogP contribution in [-0.4, -0.2) is 27.7 Å². The van der Waals surface area contributed by atoms with Gasteiger partial charge in [0.2, 0.25) is 5.91 Å². The van der Waals surface area contributed by atoms with Crippen molar-refractivity contribution in [1.82, 2.24) is 5.32 Å². The van der Waals surface area contributed by atoms with Crippen LogP contribution in [0.15, 0.2) is 24.3 Å². The SMILES string of the molecule is CC(=O)NC(O)(CCO)c1ccc([N+](=O)[O-])cc1. The van der Waals surface area contributed by atoms with Crippen molar-refractivity contribution in [1.29, 1.82) is 0 Å². The number of rotatable bonds is 5. The summed E-state index contributed by atoms with van der Waals surface area (Å²) in [5, 5.41) is 31.9. The Kier molecular flexibility index (Phi) is 4.35. The summed E-state index contributed by atoms with van der Waals surface area (Å²) in [6.45, 7) is 0.890. The summed E-state index contributed by atoms with van der Waals surface area (Å²) in [6.07, 6.45) is -0.107. The molecule has 1 unspecified atom stereocenters. The van der Waals surface area contributed by atoms with E-state index in [2.05, 4.69) is 5.32 Å². The van der Waals surface area contributed by atoms with Crippen LogP contribution in [0.4, 0.5) is 5.69 Å². The minimum Gasteiger partial charge on any atom is -0.396 e. The molecule has 0 aliphatic carbocycles. The lowest BCUT2D eigenvalue weighted by atomic mass is 9.99. The molecule has 1 rings (SSSR count). The van der Waals surface area contributed by atoms with Gasteiger partial charge in [-0.05, 0) is 12.1 Å². The highest BCUT2D eigenvalue weighted by Crippen LogP contribution is 2.24. The van der Waals surface area contributed by atoms with Crippen LogP contribution >= 0.6 is 0 Å². The van der Waals surface area contributed by atoms with Crippen LogP contribution in [0.25, 0.3) is 0 Å². The van der Waals surface area contributed by atoms with Crippen LogP contribution in [0, 0.1) is 10.1 Å². The number of aliphatic hydroxyl groups excluding tert-OH is 1. The zero-order valence-corrected chi connectivity index (χ0v) is 9.79. The topological polar surface area (TPSA) is 113 Å². The van der Waals surface area contributed by atoms with Crippen LogP contribution in [0.2, 0.25) is 0 Å². The van der Waals surface area contributed by atoms with Crippen LogP contribution in [0.5, 0.6) is 0 Å². The third-order valence-corrected chi connectivity index (χ3v) is 2.41. The Labute approximate surface area is 103 Å². The molecule has 7 nitrogen and oxygen atoms in total. The summed E-state index contributed by atoms with van der Waals surface area (Å²) in [6, 6.07) is 5.12. The number of carbonyl (C=O) groups excluding carboxylic acids is 1. The molecule has 0 spiro atoms. The number of hydrogen-bond acceptors (Lipinski definition) is 5. The molecule has 0 saturated heterocycles. The number of nitrogens with zero attached hydrogens (tertiary/aromatic N) is 1. The molecule has 1 amide bonds. The third kappa shape index (κ3) is 3.25. The molecule has 3 N–H and O–H groups in total. The van der Waals surface area contributed by atoms with Crippen molar-refractivity contribution in [2.45, 2.75) is 19.1 Å². The highest BCUT2D eigenvalue weighted by atomic mass is 16.6. The van der Waals surface area contributed by atoms with Crippen molar-refractivity contribution in [3.63, 3.8) is 0 Å². The molecule has 0 aliphatic heterocycles. The molecule has 0 aromatic heterocycles. The molecule has 0 fully saturated rings. The summed E-state index contributed by atoms with van der Waals surface area (Å²) in [5.41, 5.74) is -1.57. The first kappa shape index (κ1) is 14.1. The lowest BCUT2D eigenvalue weighted by molar-refractivity contribution is -0.384. The van der Waals surface area contributed by atoms with Gasteiger partial charge in [0.25, 0.3) is 5.69 Å². The van der Waals surface area contributed by atoms with Gasteiger partial charge in [-0.15, -0.1) is 0 Å². The fraction of sp³-hybridized carbons (Fsp3) is 0.364. The summed E-state index contributed by atoms with van der Waals surface area (Å²) in [4.78, 5) is 21.0. The Hall–Kier alpha value is -1.99. The lowest BCUT2D eigenvalue weighted by Gasteiger charge is -2.28. The normalized spacial score (nSPS) is 13.7. The van der Waals surface area contributed by atoms with Gasteiger partial charge in [-0.1, -0.05) is 0 Å². The average Bonchev–Trinajstić information content (AvgIpc) is 2.28. The smallest absolute Gasteiger partial charge is 0.269 e. The predicted molar refractivity (Wildman–Crippen MR) is 62.5 cm³/mol. The van der Waals surface area contributed by atoms with Gasteiger partial charge in [0.05, 0.1) is 4.92 Å². The first-order valence-electron chi connectivity index (χ1n) is 5.26. The standard InChI is InChI=1S/C11H14N2O5/c1-8(15)12-11(16,6-7-14)9-2-4-10(5-3-9)13(17)18/h2-5,14,16H,6-7H2,1H3,(H,12,15). The molecular formula is C11H14N2O5. The number of nitrogens with one attached hydrogen (secondary N) is 1. The van der Waals surface area contributed by atoms with Gasteiger partial charge in [-0.3, -0.25) is 14.9 Å². The maximum absolute atomic E-state index is 11.0. The second-order valence-electron chi connectivity index (χ2n) is 3.82. The Morgan fingerprint density at radius 2 is 2.00 bits per heavy atom. The van der Waals surface area contributed by atoms with Gasteiger partial charge in [0.1, 0.15) is 0 Å². The molecule has 18 heavy (non-hydrogen) atoms. The Morgan fingerprint density at radius 3 is 2.39 bits per heavy atom.